The minimum atomic E-state index is -0.325. The van der Waals surface area contributed by atoms with E-state index < -0.39 is 0 Å². The van der Waals surface area contributed by atoms with Crippen LogP contribution in [0.1, 0.15) is 17.6 Å². The second kappa shape index (κ2) is 6.37. The zero-order valence-corrected chi connectivity index (χ0v) is 13.3. The number of benzene rings is 1. The fourth-order valence-corrected chi connectivity index (χ4v) is 2.60. The lowest BCUT2D eigenvalue weighted by Gasteiger charge is -2.33. The first-order chi connectivity index (χ1) is 11.0. The van der Waals surface area contributed by atoms with Gasteiger partial charge in [0.25, 0.3) is 0 Å². The second-order valence-electron chi connectivity index (χ2n) is 5.22. The molecule has 120 valence electrons. The minimum absolute atomic E-state index is 0.0122. The van der Waals surface area contributed by atoms with Crippen LogP contribution in [-0.4, -0.2) is 58.0 Å². The van der Waals surface area contributed by atoms with E-state index in [1.54, 1.807) is 34.1 Å². The predicted molar refractivity (Wildman–Crippen MR) is 82.9 cm³/mol. The first-order valence-corrected chi connectivity index (χ1v) is 7.56. The topological polar surface area (TPSA) is 79.5 Å². The van der Waals surface area contributed by atoms with E-state index in [-0.39, 0.29) is 23.6 Å². The maximum Gasteiger partial charge on any atom is 0.311 e. The van der Waals surface area contributed by atoms with Gasteiger partial charge in [0.2, 0.25) is 11.8 Å². The Hall–Kier alpha value is -2.41. The molecule has 0 spiro atoms. The molecule has 0 aliphatic carbocycles. The molecular weight excluding hydrogens is 320 g/mol. The van der Waals surface area contributed by atoms with Crippen LogP contribution in [0.5, 0.6) is 0 Å². The van der Waals surface area contributed by atoms with Gasteiger partial charge < -0.3 is 14.2 Å². The third kappa shape index (κ3) is 3.34. The Bertz CT molecular complexity index is 738. The van der Waals surface area contributed by atoms with E-state index in [1.165, 1.54) is 6.92 Å². The lowest BCUT2D eigenvalue weighted by molar-refractivity contribution is -0.130. The molecule has 23 heavy (non-hydrogen) atoms. The van der Waals surface area contributed by atoms with Crippen molar-refractivity contribution < 1.29 is 14.0 Å². The number of aromatic nitrogens is 2. The average Bonchev–Trinajstić information content (AvgIpc) is 3.04. The summed E-state index contributed by atoms with van der Waals surface area (Å²) >= 11 is 5.93. The van der Waals surface area contributed by atoms with Crippen molar-refractivity contribution in [3.05, 3.63) is 35.2 Å². The van der Waals surface area contributed by atoms with Crippen molar-refractivity contribution in [3.63, 3.8) is 0 Å². The summed E-state index contributed by atoms with van der Waals surface area (Å²) < 4.78 is 5.46. The van der Waals surface area contributed by atoms with E-state index in [1.807, 2.05) is 0 Å². The van der Waals surface area contributed by atoms with Crippen molar-refractivity contribution in [2.24, 2.45) is 0 Å². The molecule has 7 nitrogen and oxygen atoms in total. The monoisotopic (exact) mass is 334 g/mol. The third-order valence-electron chi connectivity index (χ3n) is 3.69. The fraction of sp³-hybridized carbons (Fsp3) is 0.333. The van der Waals surface area contributed by atoms with E-state index in [0.29, 0.717) is 36.8 Å². The lowest BCUT2D eigenvalue weighted by Crippen LogP contribution is -2.50. The molecule has 2 amide bonds. The minimum Gasteiger partial charge on any atom is -0.412 e. The first-order valence-electron chi connectivity index (χ1n) is 7.19. The SMILES string of the molecule is CC(=O)N1CCN(C(=O)c2nnc(-c3cccc(Cl)c3)o2)CC1. The van der Waals surface area contributed by atoms with Crippen molar-refractivity contribution in [1.82, 2.24) is 20.0 Å². The van der Waals surface area contributed by atoms with E-state index in [4.69, 9.17) is 16.0 Å². The summed E-state index contributed by atoms with van der Waals surface area (Å²) in [6.45, 7) is 3.44. The molecular formula is C15H15ClN4O3. The molecule has 2 aromatic rings. The largest absolute Gasteiger partial charge is 0.412 e. The maximum absolute atomic E-state index is 12.4. The normalized spacial score (nSPS) is 14.9. The summed E-state index contributed by atoms with van der Waals surface area (Å²) in [5.74, 6) is -0.124. The molecule has 1 aliphatic heterocycles. The average molecular weight is 335 g/mol. The first kappa shape index (κ1) is 15.5. The molecule has 0 saturated carbocycles. The smallest absolute Gasteiger partial charge is 0.311 e. The number of halogens is 1. The number of carbonyl (C=O) groups is 2. The van der Waals surface area contributed by atoms with Crippen LogP contribution in [0.4, 0.5) is 0 Å². The van der Waals surface area contributed by atoms with Crippen LogP contribution in [0.2, 0.25) is 5.02 Å². The van der Waals surface area contributed by atoms with Crippen LogP contribution < -0.4 is 0 Å². The number of hydrogen-bond donors (Lipinski definition) is 0. The Morgan fingerprint density at radius 2 is 1.83 bits per heavy atom. The Labute approximate surface area is 137 Å². The van der Waals surface area contributed by atoms with Gasteiger partial charge in [-0.25, -0.2) is 0 Å². The molecule has 3 rings (SSSR count). The highest BCUT2D eigenvalue weighted by atomic mass is 35.5. The van der Waals surface area contributed by atoms with E-state index >= 15 is 0 Å². The van der Waals surface area contributed by atoms with Crippen molar-refractivity contribution >= 4 is 23.4 Å². The fourth-order valence-electron chi connectivity index (χ4n) is 2.41. The van der Waals surface area contributed by atoms with Crippen LogP contribution >= 0.6 is 11.6 Å². The summed E-state index contributed by atoms with van der Waals surface area (Å²) in [6.07, 6.45) is 0. The summed E-state index contributed by atoms with van der Waals surface area (Å²) in [7, 11) is 0. The molecule has 0 atom stereocenters. The van der Waals surface area contributed by atoms with E-state index in [0.717, 1.165) is 0 Å². The molecule has 0 N–H and O–H groups in total. The Morgan fingerprint density at radius 1 is 1.13 bits per heavy atom. The number of amides is 2. The highest BCUT2D eigenvalue weighted by Gasteiger charge is 2.27. The van der Waals surface area contributed by atoms with Crippen LogP contribution in [-0.2, 0) is 4.79 Å². The number of carbonyl (C=O) groups excluding carboxylic acids is 2. The number of piperazine rings is 1. The van der Waals surface area contributed by atoms with Gasteiger partial charge in [-0.2, -0.15) is 0 Å². The molecule has 0 bridgehead atoms. The van der Waals surface area contributed by atoms with E-state index in [9.17, 15) is 9.59 Å². The Morgan fingerprint density at radius 3 is 2.48 bits per heavy atom. The van der Waals surface area contributed by atoms with Gasteiger partial charge in [-0.3, -0.25) is 9.59 Å². The highest BCUT2D eigenvalue weighted by Crippen LogP contribution is 2.22. The molecule has 8 heteroatoms. The van der Waals surface area contributed by atoms with Crippen LogP contribution in [0.3, 0.4) is 0 Å². The van der Waals surface area contributed by atoms with Crippen LogP contribution in [0, 0.1) is 0 Å². The molecule has 1 aromatic heterocycles. The zero-order chi connectivity index (χ0) is 16.4. The van der Waals surface area contributed by atoms with Crippen molar-refractivity contribution in [3.8, 4) is 11.5 Å². The molecule has 1 aliphatic rings. The van der Waals surface area contributed by atoms with Crippen molar-refractivity contribution in [2.45, 2.75) is 6.92 Å². The van der Waals surface area contributed by atoms with Crippen molar-refractivity contribution in [2.75, 3.05) is 26.2 Å². The van der Waals surface area contributed by atoms with Gasteiger partial charge in [0.05, 0.1) is 0 Å². The van der Waals surface area contributed by atoms with E-state index in [2.05, 4.69) is 10.2 Å². The number of nitrogens with zero attached hydrogens (tertiary/aromatic N) is 4. The van der Waals surface area contributed by atoms with Gasteiger partial charge in [-0.1, -0.05) is 17.7 Å². The number of hydrogen-bond acceptors (Lipinski definition) is 5. The molecule has 1 aromatic carbocycles. The van der Waals surface area contributed by atoms with Crippen molar-refractivity contribution in [1.29, 1.82) is 0 Å². The maximum atomic E-state index is 12.4. The highest BCUT2D eigenvalue weighted by molar-refractivity contribution is 6.30. The van der Waals surface area contributed by atoms with Gasteiger partial charge in [-0.05, 0) is 18.2 Å². The second-order valence-corrected chi connectivity index (χ2v) is 5.66. The Balaban J connectivity index is 1.71. The van der Waals surface area contributed by atoms with Gasteiger partial charge in [0, 0.05) is 43.7 Å². The van der Waals surface area contributed by atoms with Gasteiger partial charge in [0.15, 0.2) is 0 Å². The molecule has 1 fully saturated rings. The predicted octanol–water partition coefficient (Wildman–Crippen LogP) is 1.69. The van der Waals surface area contributed by atoms with Gasteiger partial charge >= 0.3 is 11.8 Å². The molecule has 1 saturated heterocycles. The quantitative estimate of drug-likeness (QED) is 0.835. The molecule has 2 heterocycles. The third-order valence-corrected chi connectivity index (χ3v) is 3.93. The summed E-state index contributed by atoms with van der Waals surface area (Å²) in [4.78, 5) is 27.0. The van der Waals surface area contributed by atoms with Gasteiger partial charge in [0.1, 0.15) is 0 Å². The summed E-state index contributed by atoms with van der Waals surface area (Å²) in [6, 6.07) is 6.97. The summed E-state index contributed by atoms with van der Waals surface area (Å²) in [5.41, 5.74) is 0.658. The lowest BCUT2D eigenvalue weighted by atomic mass is 10.2. The number of rotatable bonds is 2. The summed E-state index contributed by atoms with van der Waals surface area (Å²) in [5, 5.41) is 8.27. The Kier molecular flexibility index (Phi) is 4.29. The molecule has 0 radical (unpaired) electrons. The molecule has 0 unspecified atom stereocenters. The van der Waals surface area contributed by atoms with Crippen LogP contribution in [0.25, 0.3) is 11.5 Å². The van der Waals surface area contributed by atoms with Crippen LogP contribution in [0.15, 0.2) is 28.7 Å². The standard InChI is InChI=1S/C15H15ClN4O3/c1-10(21)19-5-7-20(8-6-19)15(22)14-18-17-13(23-14)11-3-2-4-12(16)9-11/h2-4,9H,5-8H2,1H3. The van der Waals surface area contributed by atoms with Gasteiger partial charge in [-0.15, -0.1) is 10.2 Å². The zero-order valence-electron chi connectivity index (χ0n) is 12.5.